The first-order chi connectivity index (χ1) is 13.7. The molecule has 158 valence electrons. The van der Waals surface area contributed by atoms with Crippen LogP contribution in [0.5, 0.6) is 5.75 Å². The molecule has 0 aliphatic carbocycles. The van der Waals surface area contributed by atoms with Crippen molar-refractivity contribution in [3.8, 4) is 5.75 Å². The van der Waals surface area contributed by atoms with Crippen molar-refractivity contribution in [2.24, 2.45) is 0 Å². The van der Waals surface area contributed by atoms with E-state index in [1.807, 2.05) is 30.6 Å². The molecule has 29 heavy (non-hydrogen) atoms. The third-order valence-electron chi connectivity index (χ3n) is 4.55. The van der Waals surface area contributed by atoms with E-state index in [1.54, 1.807) is 19.2 Å². The largest absolute Gasteiger partial charge is 0.744 e. The lowest BCUT2D eigenvalue weighted by molar-refractivity contribution is 0.403. The van der Waals surface area contributed by atoms with Gasteiger partial charge in [-0.05, 0) is 49.6 Å². The third kappa shape index (κ3) is 7.38. The van der Waals surface area contributed by atoms with E-state index in [0.717, 1.165) is 35.9 Å². The monoisotopic (exact) mass is 435 g/mol. The minimum absolute atomic E-state index is 0.178. The second kappa shape index (κ2) is 10.7. The summed E-state index contributed by atoms with van der Waals surface area (Å²) in [7, 11) is -0.565. The number of methoxy groups -OCH3 is 1. The number of rotatable bonds is 2. The van der Waals surface area contributed by atoms with Gasteiger partial charge in [0.15, 0.2) is 0 Å². The molecule has 0 unspecified atom stereocenters. The molecular formula is C21H27N2O4S2-. The molecule has 2 aromatic rings. The van der Waals surface area contributed by atoms with Crippen LogP contribution in [-0.2, 0) is 15.9 Å². The Labute approximate surface area is 177 Å². The summed E-state index contributed by atoms with van der Waals surface area (Å²) in [5.74, 6) is 2.93. The molecule has 1 saturated heterocycles. The molecular weight excluding hydrogens is 408 g/mol. The molecule has 0 radical (unpaired) electrons. The molecule has 0 atom stereocenters. The zero-order valence-corrected chi connectivity index (χ0v) is 18.6. The van der Waals surface area contributed by atoms with E-state index in [9.17, 15) is 13.0 Å². The Morgan fingerprint density at radius 2 is 1.83 bits per heavy atom. The number of hydrogen-bond donors (Lipinski definition) is 1. The molecule has 0 saturated carbocycles. The van der Waals surface area contributed by atoms with Crippen LogP contribution in [0.4, 0.5) is 0 Å². The average molecular weight is 436 g/mol. The van der Waals surface area contributed by atoms with Crippen molar-refractivity contribution < 1.29 is 17.7 Å². The van der Waals surface area contributed by atoms with E-state index < -0.39 is 10.1 Å². The highest BCUT2D eigenvalue weighted by Gasteiger charge is 2.11. The van der Waals surface area contributed by atoms with Gasteiger partial charge in [-0.3, -0.25) is 5.41 Å². The fourth-order valence-corrected chi connectivity index (χ4v) is 4.17. The number of aryl methyl sites for hydroxylation is 1. The van der Waals surface area contributed by atoms with Crippen LogP contribution in [0.3, 0.4) is 0 Å². The van der Waals surface area contributed by atoms with E-state index in [4.69, 9.17) is 10.1 Å². The maximum absolute atomic E-state index is 10.4. The first-order valence-electron chi connectivity index (χ1n) is 9.31. The van der Waals surface area contributed by atoms with Gasteiger partial charge in [0.05, 0.1) is 17.8 Å². The second-order valence-corrected chi connectivity index (χ2v) is 9.26. The van der Waals surface area contributed by atoms with Crippen LogP contribution in [0.15, 0.2) is 52.3 Å². The molecule has 2 bridgehead atoms. The molecule has 3 aliphatic rings. The van der Waals surface area contributed by atoms with Gasteiger partial charge in [-0.1, -0.05) is 23.8 Å². The first-order valence-corrected chi connectivity index (χ1v) is 11.7. The highest BCUT2D eigenvalue weighted by Crippen LogP contribution is 2.38. The lowest BCUT2D eigenvalue weighted by atomic mass is 10.1. The predicted molar refractivity (Wildman–Crippen MR) is 116 cm³/mol. The van der Waals surface area contributed by atoms with Crippen molar-refractivity contribution in [3.05, 3.63) is 53.6 Å². The lowest BCUT2D eigenvalue weighted by Crippen LogP contribution is -2.30. The maximum Gasteiger partial charge on any atom is 0.132 e. The van der Waals surface area contributed by atoms with Gasteiger partial charge >= 0.3 is 0 Å². The highest BCUT2D eigenvalue weighted by atomic mass is 32.2. The van der Waals surface area contributed by atoms with Gasteiger partial charge in [0.1, 0.15) is 15.9 Å². The summed E-state index contributed by atoms with van der Waals surface area (Å²) in [6.07, 6.45) is 3.46. The van der Waals surface area contributed by atoms with Crippen molar-refractivity contribution in [2.75, 3.05) is 20.7 Å². The van der Waals surface area contributed by atoms with Gasteiger partial charge in [0, 0.05) is 30.7 Å². The number of fused-ring (bicyclic) bond motifs is 3. The van der Waals surface area contributed by atoms with Gasteiger partial charge in [-0.15, -0.1) is 11.8 Å². The summed E-state index contributed by atoms with van der Waals surface area (Å²) in [5, 5.41) is 7.32. The molecule has 0 aromatic heterocycles. The van der Waals surface area contributed by atoms with Crippen molar-refractivity contribution in [1.29, 1.82) is 5.41 Å². The fraction of sp³-hybridized carbons (Fsp3) is 0.381. The number of amidine groups is 1. The van der Waals surface area contributed by atoms with Gasteiger partial charge in [0.25, 0.3) is 0 Å². The second-order valence-electron chi connectivity index (χ2n) is 6.87. The number of thioether (sulfide) groups is 1. The highest BCUT2D eigenvalue weighted by molar-refractivity contribution is 7.98. The topological polar surface area (TPSA) is 93.5 Å². The van der Waals surface area contributed by atoms with Crippen molar-refractivity contribution in [3.63, 3.8) is 0 Å². The number of nitrogens with zero attached hydrogens (tertiary/aromatic N) is 1. The van der Waals surface area contributed by atoms with E-state index >= 15 is 0 Å². The molecule has 3 heterocycles. The summed E-state index contributed by atoms with van der Waals surface area (Å²) >= 11 is 1.85. The van der Waals surface area contributed by atoms with Crippen LogP contribution in [-0.4, -0.2) is 44.4 Å². The first kappa shape index (κ1) is 23.3. The summed E-state index contributed by atoms with van der Waals surface area (Å²) in [6.45, 7) is 2.90. The molecule has 1 fully saturated rings. The predicted octanol–water partition coefficient (Wildman–Crippen LogP) is 4.28. The maximum atomic E-state index is 10.4. The van der Waals surface area contributed by atoms with E-state index in [-0.39, 0.29) is 4.90 Å². The Bertz CT molecular complexity index is 928. The summed E-state index contributed by atoms with van der Waals surface area (Å²) < 4.78 is 36.3. The summed E-state index contributed by atoms with van der Waals surface area (Å²) in [6, 6.07) is 12.1. The number of piperidine rings is 1. The van der Waals surface area contributed by atoms with Gasteiger partial charge in [0.2, 0.25) is 0 Å². The smallest absolute Gasteiger partial charge is 0.132 e. The lowest BCUT2D eigenvalue weighted by Gasteiger charge is -2.24. The molecule has 5 rings (SSSR count). The Hall–Kier alpha value is -2.03. The third-order valence-corrected chi connectivity index (χ3v) is 6.53. The van der Waals surface area contributed by atoms with Crippen LogP contribution in [0, 0.1) is 12.3 Å². The molecule has 1 N–H and O–H groups in total. The van der Waals surface area contributed by atoms with E-state index in [2.05, 4.69) is 18.2 Å². The molecule has 3 aliphatic heterocycles. The summed E-state index contributed by atoms with van der Waals surface area (Å²) in [5.41, 5.74) is 2.29. The summed E-state index contributed by atoms with van der Waals surface area (Å²) in [4.78, 5) is 3.10. The molecule has 0 amide bonds. The minimum atomic E-state index is -4.27. The average Bonchev–Trinajstić information content (AvgIpc) is 2.71. The van der Waals surface area contributed by atoms with Gasteiger partial charge < -0.3 is 14.2 Å². The zero-order valence-electron chi connectivity index (χ0n) is 17.0. The quantitative estimate of drug-likeness (QED) is 0.708. The normalized spacial score (nSPS) is 15.0. The Morgan fingerprint density at radius 1 is 1.14 bits per heavy atom. The van der Waals surface area contributed by atoms with Crippen LogP contribution in [0.1, 0.15) is 30.4 Å². The number of benzene rings is 2. The number of likely N-dealkylation sites (tertiary alicyclic amines) is 1. The van der Waals surface area contributed by atoms with E-state index in [1.165, 1.54) is 35.4 Å². The molecule has 2 aromatic carbocycles. The van der Waals surface area contributed by atoms with Crippen LogP contribution in [0.25, 0.3) is 0 Å². The fourth-order valence-electron chi connectivity index (χ4n) is 2.75. The zero-order chi connectivity index (χ0) is 21.4. The standard InChI is InChI=1S/C8H8OS.C7H8O3S.C6H12N2/c1-9-7-4-6-2-3-8(7)10-5-6;1-6-2-4-7(5-3-6)11(8,9)10;1-8-5-3-2-4-6(8)7/h2-4H,5H2,1H3;2-5H,1H3,(H,8,9,10);7H,2-5H2,1H3/p-1. The van der Waals surface area contributed by atoms with Gasteiger partial charge in [-0.25, -0.2) is 8.42 Å². The minimum Gasteiger partial charge on any atom is -0.744 e. The van der Waals surface area contributed by atoms with Crippen molar-refractivity contribution >= 4 is 27.7 Å². The van der Waals surface area contributed by atoms with E-state index in [0.29, 0.717) is 0 Å². The number of ether oxygens (including phenoxy) is 1. The van der Waals surface area contributed by atoms with Crippen LogP contribution in [0.2, 0.25) is 0 Å². The Balaban J connectivity index is 0.000000157. The number of hydrogen-bond acceptors (Lipinski definition) is 6. The van der Waals surface area contributed by atoms with Crippen LogP contribution < -0.4 is 4.74 Å². The molecule has 0 spiro atoms. The van der Waals surface area contributed by atoms with Crippen LogP contribution >= 0.6 is 11.8 Å². The SMILES string of the molecule is CN1CCCCC1=N.COc1cc2ccc1SC2.Cc1ccc(S(=O)(=O)[O-])cc1. The molecule has 6 nitrogen and oxygen atoms in total. The number of nitrogens with one attached hydrogen (secondary N) is 1. The van der Waals surface area contributed by atoms with Crippen molar-refractivity contribution in [1.82, 2.24) is 4.90 Å². The van der Waals surface area contributed by atoms with Gasteiger partial charge in [-0.2, -0.15) is 0 Å². The van der Waals surface area contributed by atoms with Crippen molar-refractivity contribution in [2.45, 2.75) is 41.7 Å². The molecule has 8 heteroatoms. The Morgan fingerprint density at radius 3 is 2.17 bits per heavy atom. The Kier molecular flexibility index (Phi) is 8.55.